The summed E-state index contributed by atoms with van der Waals surface area (Å²) in [5, 5.41) is 9.48. The molecule has 1 saturated carbocycles. The predicted molar refractivity (Wildman–Crippen MR) is 125 cm³/mol. The molecule has 6 heteroatoms. The monoisotopic (exact) mass is 434 g/mol. The van der Waals surface area contributed by atoms with Crippen LogP contribution in [0.1, 0.15) is 74.3 Å². The Kier molecular flexibility index (Phi) is 7.17. The van der Waals surface area contributed by atoms with Gasteiger partial charge in [-0.2, -0.15) is 0 Å². The fourth-order valence-corrected chi connectivity index (χ4v) is 4.75. The maximum Gasteiger partial charge on any atom is 0.192 e. The summed E-state index contributed by atoms with van der Waals surface area (Å²) >= 11 is 1.50. The molecule has 0 radical (unpaired) electrons. The van der Waals surface area contributed by atoms with E-state index in [0.717, 1.165) is 41.4 Å². The van der Waals surface area contributed by atoms with Crippen LogP contribution in [0.2, 0.25) is 0 Å². The lowest BCUT2D eigenvalue weighted by Crippen LogP contribution is -2.15. The first-order valence-corrected chi connectivity index (χ1v) is 12.2. The molecular weight excluding hydrogens is 404 g/mol. The number of aryl methyl sites for hydroxylation is 1. The van der Waals surface area contributed by atoms with Gasteiger partial charge in [0.25, 0.3) is 0 Å². The lowest BCUT2D eigenvalue weighted by Gasteiger charge is -2.13. The van der Waals surface area contributed by atoms with Crippen LogP contribution in [-0.4, -0.2) is 30.8 Å². The van der Waals surface area contributed by atoms with Crippen molar-refractivity contribution < 1.29 is 4.79 Å². The third-order valence-electron chi connectivity index (χ3n) is 5.72. The van der Waals surface area contributed by atoms with E-state index in [4.69, 9.17) is 0 Å². The standard InChI is InChI=1S/C25H30N4OS/c1-3-4-5-6-7-19-8-10-20(11-9-19)23(30)18(2)31-25-28-27-24(29(25)22-12-13-22)21-14-16-26-17-15-21/h8-11,14-18,22H,3-7,12-13H2,1-2H3. The summed E-state index contributed by atoms with van der Waals surface area (Å²) in [6.07, 6.45) is 11.9. The number of rotatable bonds is 11. The molecule has 4 rings (SSSR count). The van der Waals surface area contributed by atoms with Gasteiger partial charge in [-0.3, -0.25) is 14.3 Å². The highest BCUT2D eigenvalue weighted by atomic mass is 32.2. The van der Waals surface area contributed by atoms with E-state index in [9.17, 15) is 4.79 Å². The number of aromatic nitrogens is 4. The van der Waals surface area contributed by atoms with Crippen molar-refractivity contribution in [3.63, 3.8) is 0 Å². The van der Waals surface area contributed by atoms with Crippen LogP contribution in [-0.2, 0) is 6.42 Å². The second kappa shape index (κ2) is 10.2. The second-order valence-corrected chi connectivity index (χ2v) is 9.58. The summed E-state index contributed by atoms with van der Waals surface area (Å²) < 4.78 is 2.20. The molecule has 0 amide bonds. The zero-order valence-corrected chi connectivity index (χ0v) is 19.1. The van der Waals surface area contributed by atoms with Gasteiger partial charge in [-0.25, -0.2) is 0 Å². The number of hydrogen-bond donors (Lipinski definition) is 0. The van der Waals surface area contributed by atoms with Crippen molar-refractivity contribution >= 4 is 17.5 Å². The summed E-state index contributed by atoms with van der Waals surface area (Å²) in [7, 11) is 0. The van der Waals surface area contributed by atoms with E-state index in [-0.39, 0.29) is 11.0 Å². The minimum atomic E-state index is -0.220. The van der Waals surface area contributed by atoms with E-state index in [1.54, 1.807) is 12.4 Å². The van der Waals surface area contributed by atoms with Gasteiger partial charge in [0.05, 0.1) is 5.25 Å². The van der Waals surface area contributed by atoms with Crippen molar-refractivity contribution in [2.45, 2.75) is 75.2 Å². The normalized spacial score (nSPS) is 14.5. The fraction of sp³-hybridized carbons (Fsp3) is 0.440. The van der Waals surface area contributed by atoms with Crippen LogP contribution in [0.15, 0.2) is 53.9 Å². The van der Waals surface area contributed by atoms with E-state index >= 15 is 0 Å². The number of pyridine rings is 1. The maximum absolute atomic E-state index is 13.0. The number of Topliss-reactive ketones (excluding diaryl/α,β-unsaturated/α-hetero) is 1. The molecule has 162 valence electrons. The fourth-order valence-electron chi connectivity index (χ4n) is 3.76. The summed E-state index contributed by atoms with van der Waals surface area (Å²) in [6.45, 7) is 4.19. The SMILES string of the molecule is CCCCCCc1ccc(C(=O)C(C)Sc2nnc(-c3ccncc3)n2C2CC2)cc1. The number of ketones is 1. The highest BCUT2D eigenvalue weighted by Gasteiger charge is 2.31. The maximum atomic E-state index is 13.0. The Morgan fingerprint density at radius 2 is 1.81 bits per heavy atom. The number of hydrogen-bond acceptors (Lipinski definition) is 5. The first-order valence-electron chi connectivity index (χ1n) is 11.3. The smallest absolute Gasteiger partial charge is 0.192 e. The highest BCUT2D eigenvalue weighted by Crippen LogP contribution is 2.41. The predicted octanol–water partition coefficient (Wildman–Crippen LogP) is 6.16. The molecule has 0 saturated heterocycles. The van der Waals surface area contributed by atoms with Crippen molar-refractivity contribution in [3.05, 3.63) is 59.9 Å². The highest BCUT2D eigenvalue weighted by molar-refractivity contribution is 8.00. The number of thioether (sulfide) groups is 1. The molecule has 1 fully saturated rings. The van der Waals surface area contributed by atoms with Crippen LogP contribution in [0.25, 0.3) is 11.4 Å². The van der Waals surface area contributed by atoms with Crippen LogP contribution >= 0.6 is 11.8 Å². The van der Waals surface area contributed by atoms with Gasteiger partial charge < -0.3 is 0 Å². The number of carbonyl (C=O) groups is 1. The lowest BCUT2D eigenvalue weighted by atomic mass is 10.0. The zero-order valence-electron chi connectivity index (χ0n) is 18.3. The summed E-state index contributed by atoms with van der Waals surface area (Å²) in [4.78, 5) is 17.1. The van der Waals surface area contributed by atoms with Crippen LogP contribution in [0.4, 0.5) is 0 Å². The van der Waals surface area contributed by atoms with Gasteiger partial charge in [0.2, 0.25) is 0 Å². The molecule has 1 atom stereocenters. The number of nitrogens with zero attached hydrogens (tertiary/aromatic N) is 4. The van der Waals surface area contributed by atoms with Crippen molar-refractivity contribution in [1.82, 2.24) is 19.7 Å². The average Bonchev–Trinajstić information content (AvgIpc) is 3.57. The third kappa shape index (κ3) is 5.42. The van der Waals surface area contributed by atoms with Crippen LogP contribution in [0.5, 0.6) is 0 Å². The molecule has 0 spiro atoms. The summed E-state index contributed by atoms with van der Waals surface area (Å²) in [6, 6.07) is 12.5. The number of benzene rings is 1. The van der Waals surface area contributed by atoms with Gasteiger partial charge in [-0.1, -0.05) is 62.2 Å². The van der Waals surface area contributed by atoms with Gasteiger partial charge in [-0.15, -0.1) is 10.2 Å². The Bertz CT molecular complexity index is 996. The molecule has 0 bridgehead atoms. The number of carbonyl (C=O) groups excluding carboxylic acids is 1. The summed E-state index contributed by atoms with van der Waals surface area (Å²) in [5.74, 6) is 0.998. The quantitative estimate of drug-likeness (QED) is 0.205. The van der Waals surface area contributed by atoms with E-state index in [1.807, 2.05) is 31.2 Å². The first-order chi connectivity index (χ1) is 15.2. The van der Waals surface area contributed by atoms with Crippen LogP contribution < -0.4 is 0 Å². The van der Waals surface area contributed by atoms with E-state index < -0.39 is 0 Å². The Morgan fingerprint density at radius 1 is 1.06 bits per heavy atom. The van der Waals surface area contributed by atoms with Crippen molar-refractivity contribution in [2.75, 3.05) is 0 Å². The number of unbranched alkanes of at least 4 members (excludes halogenated alkanes) is 3. The molecule has 1 aliphatic rings. The third-order valence-corrected chi connectivity index (χ3v) is 6.78. The lowest BCUT2D eigenvalue weighted by molar-refractivity contribution is 0.0994. The molecule has 1 aromatic carbocycles. The second-order valence-electron chi connectivity index (χ2n) is 8.28. The Hall–Kier alpha value is -2.47. The minimum absolute atomic E-state index is 0.137. The molecule has 1 unspecified atom stereocenters. The zero-order chi connectivity index (χ0) is 21.6. The van der Waals surface area contributed by atoms with Gasteiger partial charge in [0.15, 0.2) is 16.8 Å². The Labute approximate surface area is 188 Å². The molecule has 5 nitrogen and oxygen atoms in total. The Balaban J connectivity index is 1.43. The van der Waals surface area contributed by atoms with Crippen LogP contribution in [0, 0.1) is 0 Å². The molecule has 3 aromatic rings. The molecule has 2 heterocycles. The van der Waals surface area contributed by atoms with Gasteiger partial charge >= 0.3 is 0 Å². The molecule has 1 aliphatic carbocycles. The first kappa shape index (κ1) is 21.8. The summed E-state index contributed by atoms with van der Waals surface area (Å²) in [5.41, 5.74) is 3.09. The van der Waals surface area contributed by atoms with Gasteiger partial charge in [-0.05, 0) is 50.3 Å². The van der Waals surface area contributed by atoms with Crippen molar-refractivity contribution in [1.29, 1.82) is 0 Å². The topological polar surface area (TPSA) is 60.7 Å². The van der Waals surface area contributed by atoms with E-state index in [1.165, 1.54) is 43.0 Å². The molecular formula is C25H30N4OS. The van der Waals surface area contributed by atoms with E-state index in [2.05, 4.69) is 38.8 Å². The van der Waals surface area contributed by atoms with Gasteiger partial charge in [0.1, 0.15) is 0 Å². The minimum Gasteiger partial charge on any atom is -0.299 e. The molecule has 0 aliphatic heterocycles. The molecule has 0 N–H and O–H groups in total. The van der Waals surface area contributed by atoms with Gasteiger partial charge in [0, 0.05) is 29.6 Å². The molecule has 31 heavy (non-hydrogen) atoms. The van der Waals surface area contributed by atoms with Crippen molar-refractivity contribution in [3.8, 4) is 11.4 Å². The van der Waals surface area contributed by atoms with Crippen molar-refractivity contribution in [2.24, 2.45) is 0 Å². The van der Waals surface area contributed by atoms with E-state index in [0.29, 0.717) is 6.04 Å². The Morgan fingerprint density at radius 3 is 2.48 bits per heavy atom. The molecule has 2 aromatic heterocycles. The average molecular weight is 435 g/mol. The van der Waals surface area contributed by atoms with Crippen LogP contribution in [0.3, 0.4) is 0 Å². The largest absolute Gasteiger partial charge is 0.299 e.